The van der Waals surface area contributed by atoms with Gasteiger partial charge in [0.25, 0.3) is 0 Å². The first-order valence-corrected chi connectivity index (χ1v) is 8.09. The van der Waals surface area contributed by atoms with Crippen molar-refractivity contribution in [2.45, 2.75) is 33.2 Å². The fourth-order valence-electron chi connectivity index (χ4n) is 2.71. The molecule has 0 N–H and O–H groups in total. The lowest BCUT2D eigenvalue weighted by molar-refractivity contribution is 0.651. The van der Waals surface area contributed by atoms with Crippen LogP contribution < -0.4 is 0 Å². The number of halogens is 1. The van der Waals surface area contributed by atoms with E-state index >= 15 is 0 Å². The molecule has 0 aliphatic rings. The van der Waals surface area contributed by atoms with Gasteiger partial charge in [0.15, 0.2) is 0 Å². The third kappa shape index (κ3) is 2.39. The maximum Gasteiger partial charge on any atom is 0.109 e. The van der Waals surface area contributed by atoms with Crippen LogP contribution in [-0.4, -0.2) is 19.3 Å². The highest BCUT2D eigenvalue weighted by atomic mass is 79.9. The second kappa shape index (κ2) is 5.64. The largest absolute Gasteiger partial charge is 0.322 e. The first-order valence-electron chi connectivity index (χ1n) is 7.30. The molecule has 0 radical (unpaired) electrons. The molecule has 0 bridgehead atoms. The Morgan fingerprint density at radius 1 is 1.14 bits per heavy atom. The smallest absolute Gasteiger partial charge is 0.109 e. The molecule has 5 heteroatoms. The number of nitrogens with zero attached hydrogens (tertiary/aromatic N) is 4. The van der Waals surface area contributed by atoms with Crippen molar-refractivity contribution in [2.24, 2.45) is 7.05 Å². The van der Waals surface area contributed by atoms with Crippen LogP contribution in [0.25, 0.3) is 11.0 Å². The Balaban J connectivity index is 2.11. The minimum Gasteiger partial charge on any atom is -0.322 e. The van der Waals surface area contributed by atoms with Crippen LogP contribution in [0.4, 0.5) is 0 Å². The second-order valence-electron chi connectivity index (χ2n) is 5.14. The van der Waals surface area contributed by atoms with Gasteiger partial charge in [-0.2, -0.15) is 5.10 Å². The summed E-state index contributed by atoms with van der Waals surface area (Å²) in [5.41, 5.74) is 4.53. The molecule has 110 valence electrons. The lowest BCUT2D eigenvalue weighted by atomic mass is 10.3. The Kier molecular flexibility index (Phi) is 3.85. The molecule has 0 spiro atoms. The molecule has 21 heavy (non-hydrogen) atoms. The number of benzene rings is 1. The predicted molar refractivity (Wildman–Crippen MR) is 88.5 cm³/mol. The summed E-state index contributed by atoms with van der Waals surface area (Å²) in [4.78, 5) is 4.73. The molecule has 1 aromatic carbocycles. The van der Waals surface area contributed by atoms with Crippen molar-refractivity contribution in [2.75, 3.05) is 0 Å². The monoisotopic (exact) mass is 346 g/mol. The number of aromatic nitrogens is 4. The number of hydrogen-bond acceptors (Lipinski definition) is 2. The number of imidazole rings is 1. The third-order valence-electron chi connectivity index (χ3n) is 3.86. The Hall–Kier alpha value is -1.62. The molecule has 0 aliphatic carbocycles. The molecule has 2 aromatic heterocycles. The summed E-state index contributed by atoms with van der Waals surface area (Å²) in [5.74, 6) is 1.11. The molecule has 0 aliphatic heterocycles. The molecule has 4 nitrogen and oxygen atoms in total. The fourth-order valence-corrected chi connectivity index (χ4v) is 3.45. The molecule has 0 saturated carbocycles. The molecule has 0 fully saturated rings. The van der Waals surface area contributed by atoms with Crippen molar-refractivity contribution < 1.29 is 0 Å². The maximum atomic E-state index is 4.73. The van der Waals surface area contributed by atoms with E-state index in [1.807, 2.05) is 17.8 Å². The lowest BCUT2D eigenvalue weighted by Crippen LogP contribution is -2.09. The highest BCUT2D eigenvalue weighted by Crippen LogP contribution is 2.25. The number of rotatable bonds is 4. The topological polar surface area (TPSA) is 35.6 Å². The van der Waals surface area contributed by atoms with Gasteiger partial charge in [0.2, 0.25) is 0 Å². The Bertz CT molecular complexity index is 785. The quantitative estimate of drug-likeness (QED) is 0.721. The fraction of sp³-hybridized carbons (Fsp3) is 0.375. The average Bonchev–Trinajstić information content (AvgIpc) is 2.99. The first kappa shape index (κ1) is 14.3. The molecule has 3 rings (SSSR count). The van der Waals surface area contributed by atoms with E-state index < -0.39 is 0 Å². The summed E-state index contributed by atoms with van der Waals surface area (Å²) in [5, 5.41) is 4.58. The van der Waals surface area contributed by atoms with Crippen LogP contribution in [0.5, 0.6) is 0 Å². The van der Waals surface area contributed by atoms with Gasteiger partial charge in [-0.25, -0.2) is 4.98 Å². The van der Waals surface area contributed by atoms with Crippen LogP contribution in [0.2, 0.25) is 0 Å². The first-order chi connectivity index (χ1) is 10.2. The number of para-hydroxylation sites is 2. The van der Waals surface area contributed by atoms with Crippen molar-refractivity contribution in [3.05, 3.63) is 46.0 Å². The number of hydrogen-bond donors (Lipinski definition) is 0. The number of aryl methyl sites for hydroxylation is 3. The van der Waals surface area contributed by atoms with E-state index in [9.17, 15) is 0 Å². The van der Waals surface area contributed by atoms with Gasteiger partial charge in [-0.05, 0) is 34.5 Å². The summed E-state index contributed by atoms with van der Waals surface area (Å²) in [6, 6.07) is 8.30. The van der Waals surface area contributed by atoms with E-state index in [4.69, 9.17) is 4.98 Å². The molecule has 0 unspecified atom stereocenters. The molecule has 0 saturated heterocycles. The third-order valence-corrected chi connectivity index (χ3v) is 4.78. The zero-order chi connectivity index (χ0) is 15.0. The van der Waals surface area contributed by atoms with Crippen LogP contribution in [-0.2, 0) is 26.4 Å². The summed E-state index contributed by atoms with van der Waals surface area (Å²) < 4.78 is 5.38. The van der Waals surface area contributed by atoms with Crippen molar-refractivity contribution in [3.8, 4) is 0 Å². The molecule has 0 amide bonds. The summed E-state index contributed by atoms with van der Waals surface area (Å²) in [6.45, 7) is 5.06. The van der Waals surface area contributed by atoms with Gasteiger partial charge in [-0.3, -0.25) is 4.68 Å². The Labute approximate surface area is 132 Å². The van der Waals surface area contributed by atoms with Gasteiger partial charge in [-0.1, -0.05) is 26.0 Å². The predicted octanol–water partition coefficient (Wildman–Crippen LogP) is 3.71. The normalized spacial score (nSPS) is 11.4. The maximum absolute atomic E-state index is 4.73. The second-order valence-corrected chi connectivity index (χ2v) is 5.93. The van der Waals surface area contributed by atoms with Crippen LogP contribution in [0.15, 0.2) is 28.7 Å². The average molecular weight is 347 g/mol. The zero-order valence-corrected chi connectivity index (χ0v) is 14.2. The Morgan fingerprint density at radius 3 is 2.57 bits per heavy atom. The van der Waals surface area contributed by atoms with Crippen molar-refractivity contribution in [3.63, 3.8) is 0 Å². The Morgan fingerprint density at radius 2 is 1.90 bits per heavy atom. The van der Waals surface area contributed by atoms with E-state index in [1.165, 1.54) is 11.2 Å². The van der Waals surface area contributed by atoms with Gasteiger partial charge in [0.1, 0.15) is 5.82 Å². The zero-order valence-electron chi connectivity index (χ0n) is 12.6. The SMILES string of the molecule is CCc1nn(C)c(Cn2c(CC)nc3ccccc32)c1Br. The minimum atomic E-state index is 0.785. The van der Waals surface area contributed by atoms with Crippen LogP contribution in [0.1, 0.15) is 31.1 Å². The van der Waals surface area contributed by atoms with Gasteiger partial charge >= 0.3 is 0 Å². The minimum absolute atomic E-state index is 0.785. The van der Waals surface area contributed by atoms with E-state index in [-0.39, 0.29) is 0 Å². The standard InChI is InChI=1S/C16H19BrN4/c1-4-11-16(17)14(20(3)19-11)10-21-13-9-7-6-8-12(13)18-15(21)5-2/h6-9H,4-5,10H2,1-3H3. The van der Waals surface area contributed by atoms with Crippen LogP contribution >= 0.6 is 15.9 Å². The lowest BCUT2D eigenvalue weighted by Gasteiger charge is -2.09. The molecule has 0 atom stereocenters. The van der Waals surface area contributed by atoms with E-state index in [2.05, 4.69) is 57.6 Å². The van der Waals surface area contributed by atoms with Gasteiger partial charge in [-0.15, -0.1) is 0 Å². The van der Waals surface area contributed by atoms with Gasteiger partial charge < -0.3 is 4.57 Å². The van der Waals surface area contributed by atoms with Gasteiger partial charge in [0, 0.05) is 13.5 Å². The summed E-state index contributed by atoms with van der Waals surface area (Å²) >= 11 is 3.70. The molecular formula is C16H19BrN4. The van der Waals surface area contributed by atoms with Crippen molar-refractivity contribution in [1.82, 2.24) is 19.3 Å². The molecular weight excluding hydrogens is 328 g/mol. The molecule has 2 heterocycles. The van der Waals surface area contributed by atoms with E-state index in [0.29, 0.717) is 0 Å². The highest BCUT2D eigenvalue weighted by Gasteiger charge is 2.16. The van der Waals surface area contributed by atoms with Crippen LogP contribution in [0, 0.1) is 0 Å². The van der Waals surface area contributed by atoms with E-state index in [1.54, 1.807) is 0 Å². The van der Waals surface area contributed by atoms with Crippen molar-refractivity contribution >= 4 is 27.0 Å². The summed E-state index contributed by atoms with van der Waals surface area (Å²) in [7, 11) is 2.00. The molecule has 3 aromatic rings. The van der Waals surface area contributed by atoms with Crippen molar-refractivity contribution in [1.29, 1.82) is 0 Å². The summed E-state index contributed by atoms with van der Waals surface area (Å²) in [6.07, 6.45) is 1.85. The van der Waals surface area contributed by atoms with E-state index in [0.717, 1.165) is 40.9 Å². The number of fused-ring (bicyclic) bond motifs is 1. The van der Waals surface area contributed by atoms with Gasteiger partial charge in [0.05, 0.1) is 33.4 Å². The highest BCUT2D eigenvalue weighted by molar-refractivity contribution is 9.10. The van der Waals surface area contributed by atoms with Crippen LogP contribution in [0.3, 0.4) is 0 Å².